The lowest BCUT2D eigenvalue weighted by molar-refractivity contribution is 0.641. The molecule has 1 nitrogen and oxygen atoms in total. The first-order valence-electron chi connectivity index (χ1n) is 5.61. The van der Waals surface area contributed by atoms with Gasteiger partial charge in [0, 0.05) is 16.2 Å². The van der Waals surface area contributed by atoms with E-state index >= 15 is 0 Å². The SMILES string of the molecule is CCC(C)Sc1ccccc1C(C)NC. The maximum absolute atomic E-state index is 3.30. The second kappa shape index (κ2) is 6.19. The van der Waals surface area contributed by atoms with Crippen LogP contribution < -0.4 is 5.32 Å². The number of nitrogens with one attached hydrogen (secondary N) is 1. The van der Waals surface area contributed by atoms with Gasteiger partial charge in [-0.3, -0.25) is 0 Å². The summed E-state index contributed by atoms with van der Waals surface area (Å²) in [6.07, 6.45) is 1.22. The Morgan fingerprint density at radius 2 is 1.93 bits per heavy atom. The molecule has 1 aromatic rings. The monoisotopic (exact) mass is 223 g/mol. The lowest BCUT2D eigenvalue weighted by Gasteiger charge is -2.17. The molecule has 0 bridgehead atoms. The van der Waals surface area contributed by atoms with E-state index in [1.807, 2.05) is 18.8 Å². The Balaban J connectivity index is 2.86. The van der Waals surface area contributed by atoms with E-state index in [1.165, 1.54) is 16.9 Å². The molecule has 0 saturated carbocycles. The van der Waals surface area contributed by atoms with Gasteiger partial charge in [0.15, 0.2) is 0 Å². The van der Waals surface area contributed by atoms with Crippen molar-refractivity contribution in [2.75, 3.05) is 7.05 Å². The molecule has 0 heterocycles. The summed E-state index contributed by atoms with van der Waals surface area (Å²) in [7, 11) is 2.01. The second-order valence-electron chi connectivity index (χ2n) is 3.88. The Morgan fingerprint density at radius 1 is 1.27 bits per heavy atom. The molecule has 0 radical (unpaired) electrons. The Kier molecular flexibility index (Phi) is 5.20. The van der Waals surface area contributed by atoms with Gasteiger partial charge < -0.3 is 5.32 Å². The van der Waals surface area contributed by atoms with Crippen LogP contribution >= 0.6 is 11.8 Å². The fraction of sp³-hybridized carbons (Fsp3) is 0.538. The average molecular weight is 223 g/mol. The first kappa shape index (κ1) is 12.6. The van der Waals surface area contributed by atoms with Gasteiger partial charge in [0.1, 0.15) is 0 Å². The summed E-state index contributed by atoms with van der Waals surface area (Å²) in [5.74, 6) is 0. The third-order valence-corrected chi connectivity index (χ3v) is 4.08. The molecule has 0 saturated heterocycles. The van der Waals surface area contributed by atoms with E-state index in [4.69, 9.17) is 0 Å². The fourth-order valence-corrected chi connectivity index (χ4v) is 2.54. The van der Waals surface area contributed by atoms with E-state index in [0.717, 1.165) is 0 Å². The molecule has 2 heteroatoms. The third kappa shape index (κ3) is 3.54. The normalized spacial score (nSPS) is 14.9. The van der Waals surface area contributed by atoms with Crippen molar-refractivity contribution in [2.24, 2.45) is 0 Å². The summed E-state index contributed by atoms with van der Waals surface area (Å²) in [5.41, 5.74) is 1.41. The van der Waals surface area contributed by atoms with Crippen LogP contribution in [0.1, 0.15) is 38.8 Å². The molecule has 0 fully saturated rings. The van der Waals surface area contributed by atoms with Crippen LogP contribution in [0.4, 0.5) is 0 Å². The van der Waals surface area contributed by atoms with Crippen LogP contribution in [-0.2, 0) is 0 Å². The van der Waals surface area contributed by atoms with Crippen LogP contribution in [0.25, 0.3) is 0 Å². The highest BCUT2D eigenvalue weighted by atomic mass is 32.2. The van der Waals surface area contributed by atoms with Crippen molar-refractivity contribution in [3.8, 4) is 0 Å². The minimum Gasteiger partial charge on any atom is -0.313 e. The van der Waals surface area contributed by atoms with Crippen LogP contribution in [0, 0.1) is 0 Å². The largest absolute Gasteiger partial charge is 0.313 e. The van der Waals surface area contributed by atoms with Crippen molar-refractivity contribution in [1.82, 2.24) is 5.32 Å². The molecule has 0 aromatic heterocycles. The van der Waals surface area contributed by atoms with E-state index in [1.54, 1.807) is 0 Å². The first-order chi connectivity index (χ1) is 7.19. The molecule has 0 aliphatic heterocycles. The zero-order valence-corrected chi connectivity index (χ0v) is 10.9. The molecule has 0 amide bonds. The highest BCUT2D eigenvalue weighted by Crippen LogP contribution is 2.31. The molecule has 0 aliphatic carbocycles. The van der Waals surface area contributed by atoms with Gasteiger partial charge >= 0.3 is 0 Å². The van der Waals surface area contributed by atoms with Crippen molar-refractivity contribution in [2.45, 2.75) is 43.4 Å². The molecular weight excluding hydrogens is 202 g/mol. The minimum atomic E-state index is 0.428. The number of hydrogen-bond acceptors (Lipinski definition) is 2. The Morgan fingerprint density at radius 3 is 2.53 bits per heavy atom. The molecule has 84 valence electrons. The lowest BCUT2D eigenvalue weighted by Crippen LogP contribution is -2.13. The van der Waals surface area contributed by atoms with Crippen LogP contribution in [0.15, 0.2) is 29.2 Å². The van der Waals surface area contributed by atoms with Crippen LogP contribution in [-0.4, -0.2) is 12.3 Å². The smallest absolute Gasteiger partial charge is 0.0300 e. The number of benzene rings is 1. The fourth-order valence-electron chi connectivity index (χ4n) is 1.40. The third-order valence-electron chi connectivity index (χ3n) is 2.72. The topological polar surface area (TPSA) is 12.0 Å². The minimum absolute atomic E-state index is 0.428. The van der Waals surface area contributed by atoms with Crippen molar-refractivity contribution in [3.05, 3.63) is 29.8 Å². The molecule has 2 atom stereocenters. The highest BCUT2D eigenvalue weighted by Gasteiger charge is 2.10. The Labute approximate surface area is 97.7 Å². The van der Waals surface area contributed by atoms with Crippen molar-refractivity contribution >= 4 is 11.8 Å². The molecule has 1 N–H and O–H groups in total. The van der Waals surface area contributed by atoms with Gasteiger partial charge in [0.2, 0.25) is 0 Å². The molecule has 1 aromatic carbocycles. The van der Waals surface area contributed by atoms with Gasteiger partial charge in [-0.25, -0.2) is 0 Å². The van der Waals surface area contributed by atoms with E-state index < -0.39 is 0 Å². The first-order valence-corrected chi connectivity index (χ1v) is 6.49. The Hall–Kier alpha value is -0.470. The predicted molar refractivity (Wildman–Crippen MR) is 69.5 cm³/mol. The summed E-state index contributed by atoms with van der Waals surface area (Å²) in [5, 5.41) is 3.99. The van der Waals surface area contributed by atoms with Crippen molar-refractivity contribution in [3.63, 3.8) is 0 Å². The maximum atomic E-state index is 3.30. The highest BCUT2D eigenvalue weighted by molar-refractivity contribution is 8.00. The summed E-state index contributed by atoms with van der Waals surface area (Å²) in [6, 6.07) is 9.10. The maximum Gasteiger partial charge on any atom is 0.0300 e. The van der Waals surface area contributed by atoms with Gasteiger partial charge in [-0.05, 0) is 32.0 Å². The summed E-state index contributed by atoms with van der Waals surface area (Å²) < 4.78 is 0. The standard InChI is InChI=1S/C13H21NS/c1-5-10(2)15-13-9-7-6-8-12(13)11(3)14-4/h6-11,14H,5H2,1-4H3. The van der Waals surface area contributed by atoms with Crippen molar-refractivity contribution < 1.29 is 0 Å². The van der Waals surface area contributed by atoms with E-state index in [2.05, 4.69) is 50.4 Å². The van der Waals surface area contributed by atoms with Gasteiger partial charge in [0.25, 0.3) is 0 Å². The molecule has 0 aliphatic rings. The summed E-state index contributed by atoms with van der Waals surface area (Å²) in [4.78, 5) is 1.41. The number of hydrogen-bond donors (Lipinski definition) is 1. The molecule has 15 heavy (non-hydrogen) atoms. The predicted octanol–water partition coefficient (Wildman–Crippen LogP) is 3.86. The van der Waals surface area contributed by atoms with E-state index in [-0.39, 0.29) is 0 Å². The lowest BCUT2D eigenvalue weighted by atomic mass is 10.1. The number of rotatable bonds is 5. The quantitative estimate of drug-likeness (QED) is 0.761. The molecular formula is C13H21NS. The van der Waals surface area contributed by atoms with Gasteiger partial charge in [-0.1, -0.05) is 32.0 Å². The van der Waals surface area contributed by atoms with Crippen LogP contribution in [0.3, 0.4) is 0 Å². The van der Waals surface area contributed by atoms with Gasteiger partial charge in [-0.2, -0.15) is 0 Å². The second-order valence-corrected chi connectivity index (χ2v) is 5.37. The molecule has 0 spiro atoms. The summed E-state index contributed by atoms with van der Waals surface area (Å²) >= 11 is 1.97. The average Bonchev–Trinajstić information content (AvgIpc) is 2.28. The Bertz CT molecular complexity index is 298. The van der Waals surface area contributed by atoms with E-state index in [0.29, 0.717) is 11.3 Å². The molecule has 2 unspecified atom stereocenters. The number of thioether (sulfide) groups is 1. The van der Waals surface area contributed by atoms with Crippen molar-refractivity contribution in [1.29, 1.82) is 0 Å². The zero-order chi connectivity index (χ0) is 11.3. The van der Waals surface area contributed by atoms with E-state index in [9.17, 15) is 0 Å². The van der Waals surface area contributed by atoms with Gasteiger partial charge in [-0.15, -0.1) is 11.8 Å². The summed E-state index contributed by atoms with van der Waals surface area (Å²) in [6.45, 7) is 6.73. The zero-order valence-electron chi connectivity index (χ0n) is 10.1. The molecule has 1 rings (SSSR count). The van der Waals surface area contributed by atoms with Crippen LogP contribution in [0.2, 0.25) is 0 Å². The van der Waals surface area contributed by atoms with Gasteiger partial charge in [0.05, 0.1) is 0 Å². The van der Waals surface area contributed by atoms with Crippen LogP contribution in [0.5, 0.6) is 0 Å².